The molecule has 0 aromatic heterocycles. The van der Waals surface area contributed by atoms with Crippen molar-refractivity contribution in [3.63, 3.8) is 0 Å². The Kier molecular flexibility index (Phi) is 6.00. The van der Waals surface area contributed by atoms with Gasteiger partial charge in [-0.05, 0) is 29.7 Å². The molecule has 0 radical (unpaired) electrons. The van der Waals surface area contributed by atoms with Gasteiger partial charge in [-0.2, -0.15) is 0 Å². The van der Waals surface area contributed by atoms with Crippen LogP contribution in [0.3, 0.4) is 0 Å². The quantitative estimate of drug-likeness (QED) is 0.802. The molecular weight excluding hydrogens is 355 g/mol. The van der Waals surface area contributed by atoms with Gasteiger partial charge in [0, 0.05) is 19.0 Å². The zero-order valence-corrected chi connectivity index (χ0v) is 15.6. The minimum atomic E-state index is -0.116. The first-order valence-electron chi connectivity index (χ1n) is 8.61. The highest BCUT2D eigenvalue weighted by atomic mass is 35.5. The van der Waals surface area contributed by atoms with Crippen LogP contribution in [-0.4, -0.2) is 19.0 Å². The second-order valence-electron chi connectivity index (χ2n) is 6.42. The second-order valence-corrected chi connectivity index (χ2v) is 7.24. The van der Waals surface area contributed by atoms with Crippen LogP contribution in [0.4, 0.5) is 0 Å². The number of benzene rings is 2. The molecule has 3 rings (SSSR count). The van der Waals surface area contributed by atoms with E-state index in [0.29, 0.717) is 16.6 Å². The predicted molar refractivity (Wildman–Crippen MR) is 103 cm³/mol. The van der Waals surface area contributed by atoms with Gasteiger partial charge in [0.1, 0.15) is 0 Å². The van der Waals surface area contributed by atoms with Crippen LogP contribution in [0, 0.1) is 5.92 Å². The van der Waals surface area contributed by atoms with Crippen LogP contribution in [0.2, 0.25) is 10.0 Å². The predicted octanol–water partition coefficient (Wildman–Crippen LogP) is 4.56. The van der Waals surface area contributed by atoms with Crippen molar-refractivity contribution in [1.29, 1.82) is 0 Å². The number of carbonyl (C=O) groups is 1. The van der Waals surface area contributed by atoms with E-state index in [0.717, 1.165) is 24.1 Å². The summed E-state index contributed by atoms with van der Waals surface area (Å²) < 4.78 is 0. The standard InChI is InChI=1S/C20H22Cl2N2O/c1-2-19(13-6-4-3-5-7-13)24-20(25)16-12-23-11-15(16)14-8-9-17(21)18(22)10-14/h3-10,15-16,19,23H,2,11-12H2,1H3,(H,24,25)/t15-,16+,19-/m0/s1. The second kappa shape index (κ2) is 8.22. The summed E-state index contributed by atoms with van der Waals surface area (Å²) >= 11 is 12.2. The van der Waals surface area contributed by atoms with Crippen LogP contribution in [-0.2, 0) is 4.79 Å². The highest BCUT2D eigenvalue weighted by Gasteiger charge is 2.35. The highest BCUT2D eigenvalue weighted by molar-refractivity contribution is 6.42. The van der Waals surface area contributed by atoms with Gasteiger partial charge in [0.25, 0.3) is 0 Å². The first kappa shape index (κ1) is 18.2. The van der Waals surface area contributed by atoms with Gasteiger partial charge in [-0.15, -0.1) is 0 Å². The molecule has 1 saturated heterocycles. The van der Waals surface area contributed by atoms with Crippen LogP contribution < -0.4 is 10.6 Å². The molecule has 1 amide bonds. The molecule has 3 atom stereocenters. The van der Waals surface area contributed by atoms with Crippen molar-refractivity contribution in [3.8, 4) is 0 Å². The fourth-order valence-electron chi connectivity index (χ4n) is 3.43. The number of hydrogen-bond acceptors (Lipinski definition) is 2. The van der Waals surface area contributed by atoms with Gasteiger partial charge in [0.2, 0.25) is 5.91 Å². The molecule has 0 saturated carbocycles. The number of carbonyl (C=O) groups excluding carboxylic acids is 1. The monoisotopic (exact) mass is 376 g/mol. The Bertz CT molecular complexity index is 736. The Morgan fingerprint density at radius 3 is 2.60 bits per heavy atom. The molecule has 0 aliphatic carbocycles. The van der Waals surface area contributed by atoms with Crippen LogP contribution in [0.5, 0.6) is 0 Å². The third kappa shape index (κ3) is 4.17. The first-order chi connectivity index (χ1) is 12.1. The van der Waals surface area contributed by atoms with E-state index in [4.69, 9.17) is 23.2 Å². The summed E-state index contributed by atoms with van der Waals surface area (Å²) in [4.78, 5) is 12.9. The Balaban J connectivity index is 1.75. The fraction of sp³-hybridized carbons (Fsp3) is 0.350. The lowest BCUT2D eigenvalue weighted by atomic mass is 9.88. The smallest absolute Gasteiger partial charge is 0.225 e. The zero-order chi connectivity index (χ0) is 17.8. The van der Waals surface area contributed by atoms with E-state index in [1.807, 2.05) is 30.3 Å². The number of rotatable bonds is 5. The summed E-state index contributed by atoms with van der Waals surface area (Å²) in [6.45, 7) is 3.52. The number of amides is 1. The highest BCUT2D eigenvalue weighted by Crippen LogP contribution is 2.33. The van der Waals surface area contributed by atoms with E-state index < -0.39 is 0 Å². The van der Waals surface area contributed by atoms with Crippen molar-refractivity contribution in [2.45, 2.75) is 25.3 Å². The number of halogens is 2. The van der Waals surface area contributed by atoms with Crippen LogP contribution >= 0.6 is 23.2 Å². The van der Waals surface area contributed by atoms with Gasteiger partial charge in [-0.25, -0.2) is 0 Å². The van der Waals surface area contributed by atoms with Gasteiger partial charge in [0.05, 0.1) is 22.0 Å². The van der Waals surface area contributed by atoms with E-state index in [9.17, 15) is 4.79 Å². The zero-order valence-electron chi connectivity index (χ0n) is 14.1. The van der Waals surface area contributed by atoms with Gasteiger partial charge >= 0.3 is 0 Å². The normalized spacial score (nSPS) is 21.1. The maximum absolute atomic E-state index is 12.9. The Labute approximate surface area is 158 Å². The van der Waals surface area contributed by atoms with Crippen molar-refractivity contribution >= 4 is 29.1 Å². The third-order valence-corrected chi connectivity index (χ3v) is 5.59. The van der Waals surface area contributed by atoms with Crippen molar-refractivity contribution in [3.05, 3.63) is 69.7 Å². The molecule has 2 aromatic rings. The summed E-state index contributed by atoms with van der Waals surface area (Å²) in [5, 5.41) is 7.61. The number of nitrogens with one attached hydrogen (secondary N) is 2. The van der Waals surface area contributed by atoms with E-state index >= 15 is 0 Å². The summed E-state index contributed by atoms with van der Waals surface area (Å²) in [7, 11) is 0. The summed E-state index contributed by atoms with van der Waals surface area (Å²) in [6, 6.07) is 15.8. The molecular formula is C20H22Cl2N2O. The largest absolute Gasteiger partial charge is 0.349 e. The molecule has 0 unspecified atom stereocenters. The van der Waals surface area contributed by atoms with Crippen LogP contribution in [0.15, 0.2) is 48.5 Å². The lowest BCUT2D eigenvalue weighted by Crippen LogP contribution is -2.36. The van der Waals surface area contributed by atoms with E-state index in [1.54, 1.807) is 6.07 Å². The van der Waals surface area contributed by atoms with Gasteiger partial charge < -0.3 is 10.6 Å². The SMILES string of the molecule is CC[C@H](NC(=O)[C@@H]1CNC[C@H]1c1ccc(Cl)c(Cl)c1)c1ccccc1. The summed E-state index contributed by atoms with van der Waals surface area (Å²) in [6.07, 6.45) is 0.855. The molecule has 25 heavy (non-hydrogen) atoms. The van der Waals surface area contributed by atoms with Crippen molar-refractivity contribution < 1.29 is 4.79 Å². The average molecular weight is 377 g/mol. The molecule has 2 aromatic carbocycles. The Morgan fingerprint density at radius 1 is 1.16 bits per heavy atom. The maximum atomic E-state index is 12.9. The molecule has 3 nitrogen and oxygen atoms in total. The number of hydrogen-bond donors (Lipinski definition) is 2. The van der Waals surface area contributed by atoms with Gasteiger partial charge in [-0.3, -0.25) is 4.79 Å². The molecule has 1 aliphatic heterocycles. The van der Waals surface area contributed by atoms with Crippen LogP contribution in [0.25, 0.3) is 0 Å². The van der Waals surface area contributed by atoms with E-state index in [-0.39, 0.29) is 23.8 Å². The fourth-order valence-corrected chi connectivity index (χ4v) is 3.74. The molecule has 5 heteroatoms. The summed E-state index contributed by atoms with van der Waals surface area (Å²) in [5.74, 6) is 0.0647. The van der Waals surface area contributed by atoms with Gasteiger partial charge in [-0.1, -0.05) is 66.5 Å². The maximum Gasteiger partial charge on any atom is 0.225 e. The molecule has 132 valence electrons. The lowest BCUT2D eigenvalue weighted by Gasteiger charge is -2.23. The Hall–Kier alpha value is -1.55. The minimum Gasteiger partial charge on any atom is -0.349 e. The topological polar surface area (TPSA) is 41.1 Å². The lowest BCUT2D eigenvalue weighted by molar-refractivity contribution is -0.125. The van der Waals surface area contributed by atoms with E-state index in [2.05, 4.69) is 29.7 Å². The first-order valence-corrected chi connectivity index (χ1v) is 9.36. The van der Waals surface area contributed by atoms with Crippen molar-refractivity contribution in [2.75, 3.05) is 13.1 Å². The molecule has 1 aliphatic rings. The van der Waals surface area contributed by atoms with E-state index in [1.165, 1.54) is 0 Å². The van der Waals surface area contributed by atoms with Crippen molar-refractivity contribution in [1.82, 2.24) is 10.6 Å². The van der Waals surface area contributed by atoms with Crippen LogP contribution in [0.1, 0.15) is 36.4 Å². The molecule has 0 bridgehead atoms. The molecule has 0 spiro atoms. The molecule has 2 N–H and O–H groups in total. The average Bonchev–Trinajstić information content (AvgIpc) is 3.12. The van der Waals surface area contributed by atoms with Crippen molar-refractivity contribution in [2.24, 2.45) is 5.92 Å². The minimum absolute atomic E-state index is 0.0313. The summed E-state index contributed by atoms with van der Waals surface area (Å²) in [5.41, 5.74) is 2.18. The molecule has 1 heterocycles. The Morgan fingerprint density at radius 2 is 1.92 bits per heavy atom. The van der Waals surface area contributed by atoms with Gasteiger partial charge in [0.15, 0.2) is 0 Å². The third-order valence-electron chi connectivity index (χ3n) is 4.85. The molecule has 1 fully saturated rings.